The number of hydrogen-bond acceptors (Lipinski definition) is 4. The van der Waals surface area contributed by atoms with Gasteiger partial charge in [0.2, 0.25) is 0 Å². The number of likely N-dealkylation sites (N-methyl/N-ethyl adjacent to an activating group) is 1. The number of nitrogens with one attached hydrogen (secondary N) is 2. The Balaban J connectivity index is 1.77. The summed E-state index contributed by atoms with van der Waals surface area (Å²) >= 11 is 3.50. The van der Waals surface area contributed by atoms with Crippen molar-refractivity contribution in [3.63, 3.8) is 0 Å². The van der Waals surface area contributed by atoms with E-state index >= 15 is 0 Å². The number of carbonyl (C=O) groups excluding carboxylic acids is 2. The van der Waals surface area contributed by atoms with Crippen LogP contribution >= 0.6 is 15.9 Å². The Morgan fingerprint density at radius 3 is 2.42 bits per heavy atom. The topological polar surface area (TPSA) is 70.7 Å². The third-order valence-electron chi connectivity index (χ3n) is 6.27. The molecule has 0 spiro atoms. The van der Waals surface area contributed by atoms with Crippen molar-refractivity contribution in [3.8, 4) is 5.75 Å². The van der Waals surface area contributed by atoms with Gasteiger partial charge in [-0.25, -0.2) is 0 Å². The molecular weight excluding hydrogens is 482 g/mol. The first-order valence-corrected chi connectivity index (χ1v) is 12.5. The van der Waals surface area contributed by atoms with Crippen molar-refractivity contribution in [2.45, 2.75) is 58.4 Å². The molecule has 0 saturated heterocycles. The smallest absolute Gasteiger partial charge is 0.263 e. The number of halogens is 1. The number of anilines is 1. The van der Waals surface area contributed by atoms with E-state index in [1.165, 1.54) is 19.3 Å². The van der Waals surface area contributed by atoms with Gasteiger partial charge in [-0.15, -0.1) is 0 Å². The number of hydrogen-bond donors (Lipinski definition) is 2. The summed E-state index contributed by atoms with van der Waals surface area (Å²) in [7, 11) is 1.62. The monoisotopic (exact) mass is 515 g/mol. The van der Waals surface area contributed by atoms with Crippen molar-refractivity contribution in [1.82, 2.24) is 10.3 Å². The van der Waals surface area contributed by atoms with E-state index in [2.05, 4.69) is 26.7 Å². The lowest BCUT2D eigenvalue weighted by Gasteiger charge is -2.31. The number of nitrogens with zero attached hydrogens (tertiary/aromatic N) is 1. The van der Waals surface area contributed by atoms with Crippen LogP contribution in [0.3, 0.4) is 0 Å². The molecule has 2 N–H and O–H groups in total. The molecule has 1 fully saturated rings. The van der Waals surface area contributed by atoms with Crippen LogP contribution in [0.1, 0.15) is 61.4 Å². The molecule has 3 rings (SSSR count). The highest BCUT2D eigenvalue weighted by molar-refractivity contribution is 9.10. The van der Waals surface area contributed by atoms with Gasteiger partial charge in [0, 0.05) is 16.6 Å². The summed E-state index contributed by atoms with van der Waals surface area (Å²) < 4.78 is 6.09. The minimum atomic E-state index is -0.591. The molecule has 2 amide bonds. The van der Waals surface area contributed by atoms with E-state index in [4.69, 9.17) is 4.74 Å². The molecule has 0 aromatic heterocycles. The van der Waals surface area contributed by atoms with Gasteiger partial charge < -0.3 is 10.1 Å². The van der Waals surface area contributed by atoms with Crippen LogP contribution in [0, 0.1) is 12.8 Å². The fraction of sp³-hybridized carbons (Fsp3) is 0.462. The molecule has 6 nitrogen and oxygen atoms in total. The minimum Gasteiger partial charge on any atom is -0.497 e. The van der Waals surface area contributed by atoms with E-state index < -0.39 is 6.04 Å². The minimum absolute atomic E-state index is 0.126. The SMILES string of the molecule is CCN(Nc1ccc(OC)cc1)C(=O)C(CC1CCCCC1)NC(=O)c1ccc(C)c(Br)c1. The number of carbonyl (C=O) groups is 2. The molecule has 1 aliphatic carbocycles. The molecule has 1 unspecified atom stereocenters. The molecule has 1 saturated carbocycles. The highest BCUT2D eigenvalue weighted by Gasteiger charge is 2.29. The number of amides is 2. The second kappa shape index (κ2) is 12.1. The molecule has 2 aromatic rings. The predicted molar refractivity (Wildman–Crippen MR) is 135 cm³/mol. The second-order valence-electron chi connectivity index (χ2n) is 8.65. The molecule has 7 heteroatoms. The third kappa shape index (κ3) is 6.97. The van der Waals surface area contributed by atoms with Crippen molar-refractivity contribution in [3.05, 3.63) is 58.1 Å². The Morgan fingerprint density at radius 1 is 1.12 bits per heavy atom. The Morgan fingerprint density at radius 2 is 1.82 bits per heavy atom. The Kier molecular flexibility index (Phi) is 9.18. The number of methoxy groups -OCH3 is 1. The highest BCUT2D eigenvalue weighted by Crippen LogP contribution is 2.28. The quantitative estimate of drug-likeness (QED) is 0.419. The molecule has 0 bridgehead atoms. The number of aryl methyl sites for hydroxylation is 1. The van der Waals surface area contributed by atoms with Crippen molar-refractivity contribution in [1.29, 1.82) is 0 Å². The maximum atomic E-state index is 13.6. The van der Waals surface area contributed by atoms with E-state index in [9.17, 15) is 9.59 Å². The van der Waals surface area contributed by atoms with Crippen LogP contribution in [0.2, 0.25) is 0 Å². The van der Waals surface area contributed by atoms with Crippen molar-refractivity contribution in [2.24, 2.45) is 5.92 Å². The summed E-state index contributed by atoms with van der Waals surface area (Å²) in [4.78, 5) is 26.6. The average Bonchev–Trinajstić information content (AvgIpc) is 2.84. The van der Waals surface area contributed by atoms with Gasteiger partial charge in [-0.2, -0.15) is 0 Å². The molecule has 33 heavy (non-hydrogen) atoms. The number of hydrazine groups is 1. The first-order valence-electron chi connectivity index (χ1n) is 11.7. The van der Waals surface area contributed by atoms with Crippen LogP contribution in [-0.2, 0) is 4.79 Å². The van der Waals surface area contributed by atoms with Crippen molar-refractivity contribution >= 4 is 33.4 Å². The van der Waals surface area contributed by atoms with E-state index in [0.29, 0.717) is 24.4 Å². The second-order valence-corrected chi connectivity index (χ2v) is 9.51. The molecule has 0 radical (unpaired) electrons. The lowest BCUT2D eigenvalue weighted by Crippen LogP contribution is -2.51. The molecule has 0 heterocycles. The molecule has 1 aliphatic rings. The molecule has 0 aliphatic heterocycles. The van der Waals surface area contributed by atoms with E-state index in [0.717, 1.165) is 34.3 Å². The summed E-state index contributed by atoms with van der Waals surface area (Å²) in [5, 5.41) is 4.62. The van der Waals surface area contributed by atoms with Crippen LogP contribution in [0.25, 0.3) is 0 Å². The zero-order valence-electron chi connectivity index (χ0n) is 19.7. The summed E-state index contributed by atoms with van der Waals surface area (Å²) in [5.41, 5.74) is 5.58. The van der Waals surface area contributed by atoms with Crippen LogP contribution in [0.15, 0.2) is 46.9 Å². The number of rotatable bonds is 9. The van der Waals surface area contributed by atoms with Gasteiger partial charge in [0.15, 0.2) is 0 Å². The maximum absolute atomic E-state index is 13.6. The van der Waals surface area contributed by atoms with Crippen LogP contribution in [0.5, 0.6) is 5.75 Å². The standard InChI is InChI=1S/C26H34BrN3O3/c1-4-30(29-21-12-14-22(33-3)15-13-21)26(32)24(16-19-8-6-5-7-9-19)28-25(31)20-11-10-18(2)23(27)17-20/h10-15,17,19,24,29H,4-9,16H2,1-3H3,(H,28,31). The largest absolute Gasteiger partial charge is 0.497 e. The third-order valence-corrected chi connectivity index (χ3v) is 7.12. The zero-order chi connectivity index (χ0) is 23.8. The average molecular weight is 516 g/mol. The lowest BCUT2D eigenvalue weighted by molar-refractivity contribution is -0.132. The van der Waals surface area contributed by atoms with Crippen LogP contribution < -0.4 is 15.5 Å². The Hall–Kier alpha value is -2.54. The van der Waals surface area contributed by atoms with Crippen LogP contribution in [0.4, 0.5) is 5.69 Å². The van der Waals surface area contributed by atoms with Gasteiger partial charge in [0.05, 0.1) is 12.8 Å². The lowest BCUT2D eigenvalue weighted by atomic mass is 9.84. The van der Waals surface area contributed by atoms with Crippen LogP contribution in [-0.4, -0.2) is 36.5 Å². The summed E-state index contributed by atoms with van der Waals surface area (Å²) in [6, 6.07) is 12.3. The molecule has 178 valence electrons. The van der Waals surface area contributed by atoms with Gasteiger partial charge >= 0.3 is 0 Å². The summed E-state index contributed by atoms with van der Waals surface area (Å²) in [6.45, 7) is 4.37. The number of benzene rings is 2. The van der Waals surface area contributed by atoms with E-state index in [1.54, 1.807) is 24.3 Å². The number of ether oxygens (including phenoxy) is 1. The van der Waals surface area contributed by atoms with Crippen molar-refractivity contribution in [2.75, 3.05) is 19.1 Å². The molecular formula is C26H34BrN3O3. The highest BCUT2D eigenvalue weighted by atomic mass is 79.9. The Bertz CT molecular complexity index is 942. The van der Waals surface area contributed by atoms with E-state index in [-0.39, 0.29) is 11.8 Å². The molecule has 2 aromatic carbocycles. The zero-order valence-corrected chi connectivity index (χ0v) is 21.3. The molecule has 1 atom stereocenters. The van der Waals surface area contributed by atoms with Gasteiger partial charge in [0.1, 0.15) is 11.8 Å². The first-order chi connectivity index (χ1) is 15.9. The fourth-order valence-electron chi connectivity index (χ4n) is 4.25. The van der Waals surface area contributed by atoms with E-state index in [1.807, 2.05) is 44.2 Å². The predicted octanol–water partition coefficient (Wildman–Crippen LogP) is 5.71. The summed E-state index contributed by atoms with van der Waals surface area (Å²) in [5.74, 6) is 0.836. The van der Waals surface area contributed by atoms with Gasteiger partial charge in [0.25, 0.3) is 11.8 Å². The first kappa shape index (κ1) is 25.1. The van der Waals surface area contributed by atoms with Gasteiger partial charge in [-0.1, -0.05) is 54.1 Å². The summed E-state index contributed by atoms with van der Waals surface area (Å²) in [6.07, 6.45) is 6.48. The van der Waals surface area contributed by atoms with Gasteiger partial charge in [-0.05, 0) is 68.1 Å². The Labute approximate surface area is 205 Å². The van der Waals surface area contributed by atoms with Crippen molar-refractivity contribution < 1.29 is 14.3 Å². The van der Waals surface area contributed by atoms with Gasteiger partial charge in [-0.3, -0.25) is 20.0 Å². The fourth-order valence-corrected chi connectivity index (χ4v) is 4.63. The maximum Gasteiger partial charge on any atom is 0.263 e. The normalized spacial score (nSPS) is 14.9.